The summed E-state index contributed by atoms with van der Waals surface area (Å²) in [5.74, 6) is 0.636. The van der Waals surface area contributed by atoms with Crippen LogP contribution in [0, 0.1) is 0 Å². The lowest BCUT2D eigenvalue weighted by atomic mass is 10.3. The van der Waals surface area contributed by atoms with Crippen LogP contribution in [0.4, 0.5) is 0 Å². The second kappa shape index (κ2) is 6.96. The summed E-state index contributed by atoms with van der Waals surface area (Å²) in [6.07, 6.45) is 3.40. The van der Waals surface area contributed by atoms with E-state index in [9.17, 15) is 4.79 Å². The minimum absolute atomic E-state index is 0.0894. The molecule has 20 heavy (non-hydrogen) atoms. The molecule has 0 fully saturated rings. The van der Waals surface area contributed by atoms with Crippen molar-refractivity contribution in [3.05, 3.63) is 47.7 Å². The highest BCUT2D eigenvalue weighted by molar-refractivity contribution is 6.30. The van der Waals surface area contributed by atoms with Gasteiger partial charge in [-0.05, 0) is 37.3 Å². The highest BCUT2D eigenvalue weighted by Crippen LogP contribution is 2.15. The third-order valence-corrected chi connectivity index (χ3v) is 3.04. The summed E-state index contributed by atoms with van der Waals surface area (Å²) >= 11 is 5.78. The molecule has 1 aromatic carbocycles. The largest absolute Gasteiger partial charge is 0.492 e. The van der Waals surface area contributed by atoms with Crippen LogP contribution in [0.2, 0.25) is 5.02 Å². The first-order valence-corrected chi connectivity index (χ1v) is 6.70. The van der Waals surface area contributed by atoms with Gasteiger partial charge in [0.15, 0.2) is 0 Å². The van der Waals surface area contributed by atoms with Gasteiger partial charge in [0, 0.05) is 17.4 Å². The first-order chi connectivity index (χ1) is 9.66. The Bertz CT molecular complexity index is 540. The van der Waals surface area contributed by atoms with Crippen molar-refractivity contribution in [1.82, 2.24) is 15.1 Å². The van der Waals surface area contributed by atoms with Gasteiger partial charge >= 0.3 is 0 Å². The molecule has 2 aromatic rings. The van der Waals surface area contributed by atoms with Crippen LogP contribution in [0.3, 0.4) is 0 Å². The Kier molecular flexibility index (Phi) is 5.01. The van der Waals surface area contributed by atoms with Crippen molar-refractivity contribution in [1.29, 1.82) is 0 Å². The molecule has 0 radical (unpaired) electrons. The lowest BCUT2D eigenvalue weighted by Crippen LogP contribution is -2.34. The smallest absolute Gasteiger partial charge is 0.244 e. The molecule has 1 heterocycles. The van der Waals surface area contributed by atoms with Crippen LogP contribution in [0.1, 0.15) is 13.0 Å². The number of hydrogen-bond acceptors (Lipinski definition) is 3. The Labute approximate surface area is 122 Å². The molecule has 0 saturated carbocycles. The lowest BCUT2D eigenvalue weighted by Gasteiger charge is -2.13. The van der Waals surface area contributed by atoms with Crippen LogP contribution in [0.25, 0.3) is 0 Å². The average molecular weight is 294 g/mol. The van der Waals surface area contributed by atoms with Gasteiger partial charge in [0.25, 0.3) is 0 Å². The SMILES string of the molecule is CC(C(=O)NCCOc1ccc(Cl)cc1)n1cccn1. The zero-order valence-electron chi connectivity index (χ0n) is 11.1. The second-order valence-corrected chi connectivity index (χ2v) is 4.69. The fourth-order valence-electron chi connectivity index (χ4n) is 1.65. The number of ether oxygens (including phenoxy) is 1. The van der Waals surface area contributed by atoms with E-state index in [0.29, 0.717) is 18.2 Å². The van der Waals surface area contributed by atoms with Gasteiger partial charge in [-0.25, -0.2) is 0 Å². The standard InChI is InChI=1S/C14H16ClN3O2/c1-11(18-9-2-7-17-18)14(19)16-8-10-20-13-5-3-12(15)4-6-13/h2-7,9,11H,8,10H2,1H3,(H,16,19). The van der Waals surface area contributed by atoms with Crippen LogP contribution in [-0.2, 0) is 4.79 Å². The van der Waals surface area contributed by atoms with Crippen LogP contribution in [0.5, 0.6) is 5.75 Å². The molecule has 0 aliphatic rings. The van der Waals surface area contributed by atoms with Crippen molar-refractivity contribution in [2.24, 2.45) is 0 Å². The maximum atomic E-state index is 11.9. The molecule has 0 spiro atoms. The van der Waals surface area contributed by atoms with Crippen molar-refractivity contribution in [2.45, 2.75) is 13.0 Å². The summed E-state index contributed by atoms with van der Waals surface area (Å²) in [4.78, 5) is 11.9. The number of amides is 1. The van der Waals surface area contributed by atoms with E-state index in [0.717, 1.165) is 5.75 Å². The van der Waals surface area contributed by atoms with Gasteiger partial charge in [0.05, 0.1) is 6.54 Å². The third-order valence-electron chi connectivity index (χ3n) is 2.78. The molecule has 1 aromatic heterocycles. The van der Waals surface area contributed by atoms with E-state index in [4.69, 9.17) is 16.3 Å². The fraction of sp³-hybridized carbons (Fsp3) is 0.286. The fourth-order valence-corrected chi connectivity index (χ4v) is 1.78. The third kappa shape index (κ3) is 3.99. The molecule has 2 rings (SSSR count). The Morgan fingerprint density at radius 1 is 1.45 bits per heavy atom. The number of nitrogens with zero attached hydrogens (tertiary/aromatic N) is 2. The van der Waals surface area contributed by atoms with Crippen LogP contribution < -0.4 is 10.1 Å². The van der Waals surface area contributed by atoms with Crippen molar-refractivity contribution in [3.63, 3.8) is 0 Å². The Hall–Kier alpha value is -2.01. The highest BCUT2D eigenvalue weighted by Gasteiger charge is 2.13. The molecule has 6 heteroatoms. The van der Waals surface area contributed by atoms with Gasteiger partial charge in [-0.15, -0.1) is 0 Å². The van der Waals surface area contributed by atoms with E-state index < -0.39 is 0 Å². The van der Waals surface area contributed by atoms with E-state index >= 15 is 0 Å². The van der Waals surface area contributed by atoms with Crippen LogP contribution >= 0.6 is 11.6 Å². The molecule has 1 N–H and O–H groups in total. The predicted molar refractivity (Wildman–Crippen MR) is 76.9 cm³/mol. The van der Waals surface area contributed by atoms with E-state index in [1.807, 2.05) is 0 Å². The van der Waals surface area contributed by atoms with Gasteiger partial charge in [-0.1, -0.05) is 11.6 Å². The number of benzene rings is 1. The molecule has 0 aliphatic heterocycles. The summed E-state index contributed by atoms with van der Waals surface area (Å²) < 4.78 is 7.09. The van der Waals surface area contributed by atoms with E-state index in [-0.39, 0.29) is 11.9 Å². The van der Waals surface area contributed by atoms with Crippen LogP contribution in [0.15, 0.2) is 42.7 Å². The summed E-state index contributed by atoms with van der Waals surface area (Å²) in [6.45, 7) is 2.63. The highest BCUT2D eigenvalue weighted by atomic mass is 35.5. The topological polar surface area (TPSA) is 56.1 Å². The minimum Gasteiger partial charge on any atom is -0.492 e. The van der Waals surface area contributed by atoms with E-state index in [1.54, 1.807) is 54.3 Å². The normalized spacial score (nSPS) is 11.9. The number of halogens is 1. The summed E-state index contributed by atoms with van der Waals surface area (Å²) in [7, 11) is 0. The zero-order valence-corrected chi connectivity index (χ0v) is 11.9. The first kappa shape index (κ1) is 14.4. The van der Waals surface area contributed by atoms with Gasteiger partial charge in [0.2, 0.25) is 5.91 Å². The molecule has 1 unspecified atom stereocenters. The summed E-state index contributed by atoms with van der Waals surface area (Å²) in [6, 6.07) is 8.55. The number of hydrogen-bond donors (Lipinski definition) is 1. The Morgan fingerprint density at radius 2 is 2.20 bits per heavy atom. The minimum atomic E-state index is -0.333. The number of aromatic nitrogens is 2. The van der Waals surface area contributed by atoms with E-state index in [2.05, 4.69) is 10.4 Å². The Morgan fingerprint density at radius 3 is 2.85 bits per heavy atom. The number of rotatable bonds is 6. The average Bonchev–Trinajstić information content (AvgIpc) is 2.98. The van der Waals surface area contributed by atoms with Crippen molar-refractivity contribution < 1.29 is 9.53 Å². The molecule has 5 nitrogen and oxygen atoms in total. The molecule has 1 atom stereocenters. The van der Waals surface area contributed by atoms with Gasteiger partial charge in [-0.2, -0.15) is 5.10 Å². The van der Waals surface area contributed by atoms with E-state index in [1.165, 1.54) is 0 Å². The first-order valence-electron chi connectivity index (χ1n) is 6.32. The molecule has 0 aliphatic carbocycles. The number of carbonyl (C=O) groups is 1. The summed E-state index contributed by atoms with van der Waals surface area (Å²) in [5.41, 5.74) is 0. The molecule has 1 amide bonds. The molecule has 106 valence electrons. The lowest BCUT2D eigenvalue weighted by molar-refractivity contribution is -0.124. The second-order valence-electron chi connectivity index (χ2n) is 4.26. The number of carbonyl (C=O) groups excluding carboxylic acids is 1. The zero-order chi connectivity index (χ0) is 14.4. The van der Waals surface area contributed by atoms with Crippen molar-refractivity contribution in [3.8, 4) is 5.75 Å². The van der Waals surface area contributed by atoms with Gasteiger partial charge in [-0.3, -0.25) is 9.48 Å². The maximum Gasteiger partial charge on any atom is 0.244 e. The molecular weight excluding hydrogens is 278 g/mol. The molecule has 0 saturated heterocycles. The quantitative estimate of drug-likeness (QED) is 0.832. The van der Waals surface area contributed by atoms with Crippen molar-refractivity contribution >= 4 is 17.5 Å². The van der Waals surface area contributed by atoms with Gasteiger partial charge < -0.3 is 10.1 Å². The maximum absolute atomic E-state index is 11.9. The predicted octanol–water partition coefficient (Wildman–Crippen LogP) is 2.29. The van der Waals surface area contributed by atoms with Gasteiger partial charge in [0.1, 0.15) is 18.4 Å². The molecule has 0 bridgehead atoms. The van der Waals surface area contributed by atoms with Crippen LogP contribution in [-0.4, -0.2) is 28.8 Å². The molecular formula is C14H16ClN3O2. The van der Waals surface area contributed by atoms with Crippen molar-refractivity contribution in [2.75, 3.05) is 13.2 Å². The monoisotopic (exact) mass is 293 g/mol. The summed E-state index contributed by atoms with van der Waals surface area (Å²) in [5, 5.41) is 7.50. The number of nitrogens with one attached hydrogen (secondary N) is 1. The Balaban J connectivity index is 1.70.